The van der Waals surface area contributed by atoms with Gasteiger partial charge in [-0.25, -0.2) is 9.50 Å². The number of H-pyrrole nitrogens is 1. The molecule has 4 heterocycles. The van der Waals surface area contributed by atoms with Crippen LogP contribution in [-0.4, -0.2) is 56.2 Å². The van der Waals surface area contributed by atoms with Gasteiger partial charge in [0.2, 0.25) is 0 Å². The summed E-state index contributed by atoms with van der Waals surface area (Å²) in [7, 11) is 3.91. The Morgan fingerprint density at radius 2 is 2.09 bits per heavy atom. The number of pyridine rings is 2. The molecule has 1 saturated carbocycles. The number of hydrogen-bond acceptors (Lipinski definition) is 5. The molecule has 0 aliphatic heterocycles. The van der Waals surface area contributed by atoms with Crippen molar-refractivity contribution in [2.24, 2.45) is 0 Å². The average Bonchev–Trinajstić information content (AvgIpc) is 3.54. The van der Waals surface area contributed by atoms with Gasteiger partial charge in [0.25, 0.3) is 0 Å². The molecule has 1 aliphatic carbocycles. The molecule has 0 radical (unpaired) electrons. The summed E-state index contributed by atoms with van der Waals surface area (Å²) in [4.78, 5) is 15.3. The fraction of sp³-hybridized carbons (Fsp3) is 0.480. The van der Waals surface area contributed by atoms with Gasteiger partial charge < -0.3 is 14.6 Å². The molecule has 0 aromatic carbocycles. The van der Waals surface area contributed by atoms with Crippen LogP contribution in [0.1, 0.15) is 63.1 Å². The number of aromatic nitrogens is 5. The second kappa shape index (κ2) is 8.20. The third-order valence-corrected chi connectivity index (χ3v) is 7.12. The van der Waals surface area contributed by atoms with Crippen molar-refractivity contribution >= 4 is 16.6 Å². The molecule has 2 unspecified atom stereocenters. The van der Waals surface area contributed by atoms with E-state index < -0.39 is 0 Å². The van der Waals surface area contributed by atoms with E-state index in [-0.39, 0.29) is 0 Å². The molecule has 0 bridgehead atoms. The van der Waals surface area contributed by atoms with Crippen LogP contribution in [0.4, 0.5) is 0 Å². The lowest BCUT2D eigenvalue weighted by atomic mass is 9.95. The topological polar surface area (TPSA) is 71.3 Å². The number of nitrogens with zero attached hydrogens (tertiary/aromatic N) is 5. The van der Waals surface area contributed by atoms with E-state index in [4.69, 9.17) is 9.72 Å². The van der Waals surface area contributed by atoms with E-state index in [0.29, 0.717) is 23.6 Å². The maximum Gasteiger partial charge on any atom is 0.197 e. The fourth-order valence-corrected chi connectivity index (χ4v) is 5.25. The maximum absolute atomic E-state index is 5.59. The molecule has 7 nitrogen and oxygen atoms in total. The van der Waals surface area contributed by atoms with E-state index in [1.54, 1.807) is 18.0 Å². The van der Waals surface area contributed by atoms with Gasteiger partial charge in [-0.1, -0.05) is 20.8 Å². The van der Waals surface area contributed by atoms with Gasteiger partial charge >= 0.3 is 0 Å². The number of rotatable bonds is 6. The van der Waals surface area contributed by atoms with Crippen molar-refractivity contribution in [3.63, 3.8) is 0 Å². The molecule has 5 rings (SSSR count). The first-order valence-corrected chi connectivity index (χ1v) is 11.6. The van der Waals surface area contributed by atoms with Gasteiger partial charge in [-0.05, 0) is 56.5 Å². The molecular formula is C25H32N6O. The van der Waals surface area contributed by atoms with Gasteiger partial charge in [0.05, 0.1) is 24.5 Å². The summed E-state index contributed by atoms with van der Waals surface area (Å²) >= 11 is 0. The van der Waals surface area contributed by atoms with Crippen LogP contribution in [0.15, 0.2) is 30.9 Å². The molecule has 168 valence electrons. The zero-order valence-electron chi connectivity index (χ0n) is 19.6. The minimum Gasteiger partial charge on any atom is -0.493 e. The summed E-state index contributed by atoms with van der Waals surface area (Å²) in [5.41, 5.74) is 6.46. The average molecular weight is 433 g/mol. The Morgan fingerprint density at radius 1 is 1.25 bits per heavy atom. The normalized spacial score (nSPS) is 19.1. The summed E-state index contributed by atoms with van der Waals surface area (Å²) in [6.07, 6.45) is 9.23. The fourth-order valence-electron chi connectivity index (χ4n) is 5.25. The monoisotopic (exact) mass is 432 g/mol. The van der Waals surface area contributed by atoms with Crippen molar-refractivity contribution in [1.29, 1.82) is 0 Å². The standard InChI is InChI=1S/C25H32N6O/c1-6-30(4)18-8-7-16(9-18)20-11-19-21(12-26-20)29-24(23(19)15(2)3)17-10-22(32-5)25-27-14-28-31(25)13-17/h10-16,18,29H,6-9H2,1-5H3. The van der Waals surface area contributed by atoms with Crippen molar-refractivity contribution in [2.45, 2.75) is 57.9 Å². The van der Waals surface area contributed by atoms with Gasteiger partial charge in [-0.3, -0.25) is 4.98 Å². The van der Waals surface area contributed by atoms with Crippen LogP contribution >= 0.6 is 0 Å². The van der Waals surface area contributed by atoms with Crippen molar-refractivity contribution in [1.82, 2.24) is 29.5 Å². The third-order valence-electron chi connectivity index (χ3n) is 7.12. The molecule has 0 spiro atoms. The van der Waals surface area contributed by atoms with Crippen LogP contribution in [-0.2, 0) is 0 Å². The highest BCUT2D eigenvalue weighted by molar-refractivity contribution is 5.91. The highest BCUT2D eigenvalue weighted by atomic mass is 16.5. The number of methoxy groups -OCH3 is 1. The van der Waals surface area contributed by atoms with Crippen molar-refractivity contribution in [3.8, 4) is 17.0 Å². The van der Waals surface area contributed by atoms with E-state index in [0.717, 1.165) is 29.0 Å². The van der Waals surface area contributed by atoms with Crippen LogP contribution in [0.5, 0.6) is 5.75 Å². The van der Waals surface area contributed by atoms with Crippen LogP contribution < -0.4 is 4.74 Å². The van der Waals surface area contributed by atoms with Crippen molar-refractivity contribution in [2.75, 3.05) is 20.7 Å². The molecule has 0 amide bonds. The summed E-state index contributed by atoms with van der Waals surface area (Å²) in [5.74, 6) is 1.60. The number of hydrogen-bond donors (Lipinski definition) is 1. The number of aromatic amines is 1. The maximum atomic E-state index is 5.59. The molecule has 1 aliphatic rings. The molecule has 1 N–H and O–H groups in total. The predicted molar refractivity (Wildman–Crippen MR) is 127 cm³/mol. The lowest BCUT2D eigenvalue weighted by Gasteiger charge is -2.22. The van der Waals surface area contributed by atoms with E-state index in [2.05, 4.69) is 53.9 Å². The second-order valence-electron chi connectivity index (χ2n) is 9.29. The Labute approximate surface area is 188 Å². The van der Waals surface area contributed by atoms with Gasteiger partial charge in [0, 0.05) is 34.8 Å². The van der Waals surface area contributed by atoms with Crippen molar-refractivity contribution < 1.29 is 4.74 Å². The van der Waals surface area contributed by atoms with Crippen LogP contribution in [0.25, 0.3) is 27.8 Å². The molecule has 4 aromatic rings. The van der Waals surface area contributed by atoms with Gasteiger partial charge in [0.15, 0.2) is 11.4 Å². The summed E-state index contributed by atoms with van der Waals surface area (Å²) in [6.45, 7) is 7.83. The summed E-state index contributed by atoms with van der Waals surface area (Å²) in [6, 6.07) is 5.03. The quantitative estimate of drug-likeness (QED) is 0.465. The minimum atomic E-state index is 0.356. The molecule has 32 heavy (non-hydrogen) atoms. The lowest BCUT2D eigenvalue weighted by Crippen LogP contribution is -2.28. The van der Waals surface area contributed by atoms with Crippen LogP contribution in [0.3, 0.4) is 0 Å². The van der Waals surface area contributed by atoms with Gasteiger partial charge in [-0.2, -0.15) is 5.10 Å². The summed E-state index contributed by atoms with van der Waals surface area (Å²) < 4.78 is 7.37. The highest BCUT2D eigenvalue weighted by Gasteiger charge is 2.29. The highest BCUT2D eigenvalue weighted by Crippen LogP contribution is 2.40. The Balaban J connectivity index is 1.59. The molecule has 7 heteroatoms. The Morgan fingerprint density at radius 3 is 2.84 bits per heavy atom. The number of ether oxygens (including phenoxy) is 1. The zero-order chi connectivity index (χ0) is 22.4. The smallest absolute Gasteiger partial charge is 0.197 e. The predicted octanol–water partition coefficient (Wildman–Crippen LogP) is 4.99. The van der Waals surface area contributed by atoms with Gasteiger partial charge in [0.1, 0.15) is 6.33 Å². The van der Waals surface area contributed by atoms with Crippen molar-refractivity contribution in [3.05, 3.63) is 42.1 Å². The number of nitrogens with one attached hydrogen (secondary N) is 1. The van der Waals surface area contributed by atoms with E-state index in [1.165, 1.54) is 35.9 Å². The first-order chi connectivity index (χ1) is 15.5. The van der Waals surface area contributed by atoms with Gasteiger partial charge in [-0.15, -0.1) is 0 Å². The Hall–Kier alpha value is -2.93. The lowest BCUT2D eigenvalue weighted by molar-refractivity contribution is 0.256. The van der Waals surface area contributed by atoms with Crippen LogP contribution in [0, 0.1) is 0 Å². The van der Waals surface area contributed by atoms with E-state index in [1.807, 2.05) is 18.5 Å². The zero-order valence-corrected chi connectivity index (χ0v) is 19.6. The Bertz CT molecular complexity index is 1260. The third kappa shape index (κ3) is 3.45. The number of fused-ring (bicyclic) bond motifs is 2. The second-order valence-corrected chi connectivity index (χ2v) is 9.29. The molecule has 4 aromatic heterocycles. The Kier molecular flexibility index (Phi) is 5.37. The molecule has 1 fully saturated rings. The van der Waals surface area contributed by atoms with Crippen LogP contribution in [0.2, 0.25) is 0 Å². The molecular weight excluding hydrogens is 400 g/mol. The molecule has 2 atom stereocenters. The largest absolute Gasteiger partial charge is 0.493 e. The summed E-state index contributed by atoms with van der Waals surface area (Å²) in [5, 5.41) is 5.60. The first-order valence-electron chi connectivity index (χ1n) is 11.6. The molecule has 0 saturated heterocycles. The van der Waals surface area contributed by atoms with E-state index in [9.17, 15) is 0 Å². The SMILES string of the molecule is CCN(C)C1CCC(c2cc3c(C(C)C)c(-c4cc(OC)c5ncnn5c4)[nH]c3cn2)C1. The van der Waals surface area contributed by atoms with E-state index >= 15 is 0 Å². The minimum absolute atomic E-state index is 0.356. The first kappa shape index (κ1) is 20.9.